The Morgan fingerprint density at radius 2 is 1.78 bits per heavy atom. The van der Waals surface area contributed by atoms with Crippen LogP contribution in [0.2, 0.25) is 0 Å². The normalized spacial score (nSPS) is 14.1. The Morgan fingerprint density at radius 1 is 1.00 bits per heavy atom. The summed E-state index contributed by atoms with van der Waals surface area (Å²) in [6.45, 7) is 0.776. The minimum Gasteiger partial charge on any atom is -0.495 e. The Bertz CT molecular complexity index is 1330. The van der Waals surface area contributed by atoms with E-state index in [1.165, 1.54) is 47.2 Å². The van der Waals surface area contributed by atoms with Crippen molar-refractivity contribution in [2.24, 2.45) is 0 Å². The third-order valence-electron chi connectivity index (χ3n) is 5.85. The summed E-state index contributed by atoms with van der Waals surface area (Å²) in [6.07, 6.45) is -4.02. The van der Waals surface area contributed by atoms with Crippen LogP contribution in [0.25, 0.3) is 0 Å². The van der Waals surface area contributed by atoms with E-state index in [9.17, 15) is 31.5 Å². The fraction of sp³-hybridized carbons (Fsp3) is 0.231. The quantitative estimate of drug-likeness (QED) is 0.402. The van der Waals surface area contributed by atoms with Crippen molar-refractivity contribution < 1.29 is 36.3 Å². The first-order valence-corrected chi connectivity index (χ1v) is 11.2. The molecule has 6 nitrogen and oxygen atoms in total. The largest absolute Gasteiger partial charge is 0.495 e. The summed E-state index contributed by atoms with van der Waals surface area (Å²) in [6, 6.07) is 11.6. The molecule has 3 amide bonds. The van der Waals surface area contributed by atoms with Crippen LogP contribution in [-0.4, -0.2) is 37.0 Å². The molecule has 4 rings (SSSR count). The number of anilines is 2. The van der Waals surface area contributed by atoms with Crippen molar-refractivity contribution in [1.29, 1.82) is 0 Å². The van der Waals surface area contributed by atoms with Gasteiger partial charge in [0.05, 0.1) is 18.4 Å². The van der Waals surface area contributed by atoms with Gasteiger partial charge in [-0.25, -0.2) is 13.6 Å². The van der Waals surface area contributed by atoms with Crippen molar-refractivity contribution in [3.05, 3.63) is 89.0 Å². The molecule has 0 atom stereocenters. The first-order chi connectivity index (χ1) is 17.6. The standard InChI is InChI=1S/C26H22F5N3O3/c1-37-23-9-7-19(32-24(35)17-4-2-5-18(13-17)26(29,30)31)14-22(23)34-11-3-10-33(25(34)36)15-16-6-8-20(27)21(28)12-16/h2,4-9,12-14H,3,10-11,15H2,1H3,(H,32,35). The van der Waals surface area contributed by atoms with E-state index in [0.29, 0.717) is 36.5 Å². The van der Waals surface area contributed by atoms with E-state index in [0.717, 1.165) is 30.3 Å². The predicted octanol–water partition coefficient (Wildman–Crippen LogP) is 6.08. The highest BCUT2D eigenvalue weighted by molar-refractivity contribution is 6.05. The summed E-state index contributed by atoms with van der Waals surface area (Å²) >= 11 is 0. The molecule has 0 bridgehead atoms. The minimum atomic E-state index is -4.59. The fourth-order valence-electron chi connectivity index (χ4n) is 4.03. The van der Waals surface area contributed by atoms with Gasteiger partial charge < -0.3 is 15.0 Å². The van der Waals surface area contributed by atoms with Gasteiger partial charge in [0.25, 0.3) is 5.91 Å². The highest BCUT2D eigenvalue weighted by Crippen LogP contribution is 2.34. The van der Waals surface area contributed by atoms with Gasteiger partial charge in [-0.15, -0.1) is 0 Å². The maximum Gasteiger partial charge on any atom is 0.416 e. The number of hydrogen-bond acceptors (Lipinski definition) is 3. The highest BCUT2D eigenvalue weighted by atomic mass is 19.4. The van der Waals surface area contributed by atoms with E-state index >= 15 is 0 Å². The zero-order valence-electron chi connectivity index (χ0n) is 19.6. The van der Waals surface area contributed by atoms with Gasteiger partial charge >= 0.3 is 12.2 Å². The number of alkyl halides is 3. The zero-order chi connectivity index (χ0) is 26.7. The monoisotopic (exact) mass is 519 g/mol. The third-order valence-corrected chi connectivity index (χ3v) is 5.85. The molecule has 0 unspecified atom stereocenters. The number of methoxy groups -OCH3 is 1. The molecule has 0 radical (unpaired) electrons. The van der Waals surface area contributed by atoms with Gasteiger partial charge in [0.15, 0.2) is 11.6 Å². The van der Waals surface area contributed by atoms with E-state index in [4.69, 9.17) is 4.74 Å². The first kappa shape index (κ1) is 25.9. The molecular formula is C26H22F5N3O3. The zero-order valence-corrected chi connectivity index (χ0v) is 19.6. The van der Waals surface area contributed by atoms with Crippen LogP contribution in [0.4, 0.5) is 38.1 Å². The van der Waals surface area contributed by atoms with Crippen LogP contribution in [0.5, 0.6) is 5.75 Å². The van der Waals surface area contributed by atoms with Crippen LogP contribution in [-0.2, 0) is 12.7 Å². The molecule has 1 saturated heterocycles. The van der Waals surface area contributed by atoms with Crippen LogP contribution in [0, 0.1) is 11.6 Å². The molecule has 11 heteroatoms. The van der Waals surface area contributed by atoms with Gasteiger partial charge in [-0.3, -0.25) is 9.69 Å². The number of halogens is 5. The number of hydrogen-bond donors (Lipinski definition) is 1. The van der Waals surface area contributed by atoms with Crippen molar-refractivity contribution in [2.45, 2.75) is 19.1 Å². The lowest BCUT2D eigenvalue weighted by atomic mass is 10.1. The minimum absolute atomic E-state index is 0.0564. The lowest BCUT2D eigenvalue weighted by Gasteiger charge is -2.36. The topological polar surface area (TPSA) is 61.9 Å². The summed E-state index contributed by atoms with van der Waals surface area (Å²) < 4.78 is 71.3. The second-order valence-corrected chi connectivity index (χ2v) is 8.38. The van der Waals surface area contributed by atoms with Crippen molar-refractivity contribution in [2.75, 3.05) is 30.4 Å². The average Bonchev–Trinajstić information content (AvgIpc) is 2.87. The molecule has 3 aromatic carbocycles. The molecule has 1 N–H and O–H groups in total. The summed E-state index contributed by atoms with van der Waals surface area (Å²) in [4.78, 5) is 28.8. The van der Waals surface area contributed by atoms with E-state index in [1.54, 1.807) is 0 Å². The van der Waals surface area contributed by atoms with Crippen molar-refractivity contribution in [3.8, 4) is 5.75 Å². The molecule has 3 aromatic rings. The van der Waals surface area contributed by atoms with Crippen molar-refractivity contribution >= 4 is 23.3 Å². The number of carbonyl (C=O) groups excluding carboxylic acids is 2. The Labute approximate surface area is 209 Å². The van der Waals surface area contributed by atoms with Gasteiger partial charge in [-0.05, 0) is 60.5 Å². The SMILES string of the molecule is COc1ccc(NC(=O)c2cccc(C(F)(F)F)c2)cc1N1CCCN(Cc2ccc(F)c(F)c2)C1=O. The molecule has 37 heavy (non-hydrogen) atoms. The van der Waals surface area contributed by atoms with Crippen LogP contribution < -0.4 is 15.0 Å². The summed E-state index contributed by atoms with van der Waals surface area (Å²) in [5, 5.41) is 2.55. The third kappa shape index (κ3) is 5.82. The molecule has 1 aliphatic rings. The second-order valence-electron chi connectivity index (χ2n) is 8.38. The van der Waals surface area contributed by atoms with Crippen LogP contribution in [0.1, 0.15) is 27.9 Å². The molecule has 0 aromatic heterocycles. The summed E-state index contributed by atoms with van der Waals surface area (Å²) in [5.41, 5.74) is -0.134. The summed E-state index contributed by atoms with van der Waals surface area (Å²) in [5.74, 6) is -2.42. The van der Waals surface area contributed by atoms with Gasteiger partial charge in [-0.1, -0.05) is 12.1 Å². The Balaban J connectivity index is 1.56. The smallest absolute Gasteiger partial charge is 0.416 e. The van der Waals surface area contributed by atoms with Crippen LogP contribution >= 0.6 is 0 Å². The Hall–Kier alpha value is -4.15. The molecule has 0 saturated carbocycles. The molecule has 0 aliphatic carbocycles. The van der Waals surface area contributed by atoms with Gasteiger partial charge in [-0.2, -0.15) is 13.2 Å². The number of nitrogens with zero attached hydrogens (tertiary/aromatic N) is 2. The van der Waals surface area contributed by atoms with Gasteiger partial charge in [0.2, 0.25) is 0 Å². The number of carbonyl (C=O) groups is 2. The number of amides is 3. The maximum atomic E-state index is 13.6. The predicted molar refractivity (Wildman–Crippen MR) is 127 cm³/mol. The van der Waals surface area contributed by atoms with E-state index < -0.39 is 35.3 Å². The fourth-order valence-corrected chi connectivity index (χ4v) is 4.03. The average molecular weight is 519 g/mol. The molecule has 1 heterocycles. The van der Waals surface area contributed by atoms with E-state index in [-0.39, 0.29) is 17.8 Å². The summed E-state index contributed by atoms with van der Waals surface area (Å²) in [7, 11) is 1.41. The molecule has 1 aliphatic heterocycles. The lowest BCUT2D eigenvalue weighted by Crippen LogP contribution is -2.49. The van der Waals surface area contributed by atoms with Crippen molar-refractivity contribution in [3.63, 3.8) is 0 Å². The van der Waals surface area contributed by atoms with Gasteiger partial charge in [0, 0.05) is 30.9 Å². The van der Waals surface area contributed by atoms with Crippen LogP contribution in [0.3, 0.4) is 0 Å². The Morgan fingerprint density at radius 3 is 2.49 bits per heavy atom. The maximum absolute atomic E-state index is 13.6. The number of benzene rings is 3. The number of nitrogens with one attached hydrogen (secondary N) is 1. The lowest BCUT2D eigenvalue weighted by molar-refractivity contribution is -0.137. The molecular weight excluding hydrogens is 497 g/mol. The van der Waals surface area contributed by atoms with E-state index in [1.807, 2.05) is 0 Å². The van der Waals surface area contributed by atoms with Crippen molar-refractivity contribution in [1.82, 2.24) is 4.90 Å². The molecule has 1 fully saturated rings. The second kappa shape index (κ2) is 10.5. The molecule has 194 valence electrons. The molecule has 0 spiro atoms. The number of urea groups is 1. The van der Waals surface area contributed by atoms with E-state index in [2.05, 4.69) is 5.32 Å². The highest BCUT2D eigenvalue weighted by Gasteiger charge is 2.31. The number of rotatable bonds is 6. The Kier molecular flexibility index (Phi) is 7.33. The number of ether oxygens (including phenoxy) is 1. The first-order valence-electron chi connectivity index (χ1n) is 11.2. The van der Waals surface area contributed by atoms with Crippen LogP contribution in [0.15, 0.2) is 60.7 Å². The van der Waals surface area contributed by atoms with Gasteiger partial charge in [0.1, 0.15) is 5.75 Å².